The molecule has 5 rings (SSSR count). The Kier molecular flexibility index (Phi) is 6.72. The van der Waals surface area contributed by atoms with Crippen molar-refractivity contribution in [1.29, 1.82) is 0 Å². The Morgan fingerprint density at radius 1 is 0.914 bits per heavy atom. The molecule has 3 N–H and O–H groups in total. The first-order valence-electron chi connectivity index (χ1n) is 12.3. The highest BCUT2D eigenvalue weighted by Gasteiger charge is 2.39. The second kappa shape index (κ2) is 10.1. The summed E-state index contributed by atoms with van der Waals surface area (Å²) in [5.41, 5.74) is 6.93. The molecule has 0 spiro atoms. The van der Waals surface area contributed by atoms with Crippen LogP contribution in [0.2, 0.25) is 0 Å². The van der Waals surface area contributed by atoms with Crippen LogP contribution in [0.25, 0.3) is 11.1 Å². The quantitative estimate of drug-likeness (QED) is 0.447. The Morgan fingerprint density at radius 2 is 1.54 bits per heavy atom. The number of fused-ring (bicyclic) bond motifs is 3. The summed E-state index contributed by atoms with van der Waals surface area (Å²) in [4.78, 5) is 41.9. The lowest BCUT2D eigenvalue weighted by Crippen LogP contribution is -2.46. The van der Waals surface area contributed by atoms with Crippen molar-refractivity contribution in [2.75, 3.05) is 13.2 Å². The molecule has 2 aromatic rings. The average molecular weight is 479 g/mol. The van der Waals surface area contributed by atoms with E-state index >= 15 is 0 Å². The van der Waals surface area contributed by atoms with Crippen LogP contribution in [0.4, 0.5) is 4.79 Å². The summed E-state index contributed by atoms with van der Waals surface area (Å²) in [5, 5.41) is 12.0. The van der Waals surface area contributed by atoms with E-state index in [1.807, 2.05) is 24.3 Å². The topological polar surface area (TPSA) is 114 Å². The third-order valence-electron chi connectivity index (χ3n) is 7.45. The van der Waals surface area contributed by atoms with E-state index in [1.54, 1.807) is 0 Å². The summed E-state index contributed by atoms with van der Waals surface area (Å²) in [6.45, 7) is 0.308. The van der Waals surface area contributed by atoms with Crippen LogP contribution in [-0.2, 0) is 19.2 Å². The molecule has 2 atom stereocenters. The van der Waals surface area contributed by atoms with Crippen molar-refractivity contribution in [2.24, 2.45) is 17.8 Å². The minimum absolute atomic E-state index is 0.0392. The molecule has 0 bridgehead atoms. The molecular weight excluding hydrogens is 448 g/mol. The number of ether oxygens (including phenoxy) is 1. The van der Waals surface area contributed by atoms with Gasteiger partial charge in [0.25, 0.3) is 0 Å². The van der Waals surface area contributed by atoms with Crippen LogP contribution in [0.15, 0.2) is 48.5 Å². The average Bonchev–Trinajstić information content (AvgIpc) is 3.61. The number of benzene rings is 2. The van der Waals surface area contributed by atoms with Gasteiger partial charge in [0.1, 0.15) is 6.61 Å². The van der Waals surface area contributed by atoms with E-state index in [1.165, 1.54) is 0 Å². The van der Waals surface area contributed by atoms with Gasteiger partial charge in [-0.25, -0.2) is 15.1 Å². The number of rotatable bonds is 10. The molecule has 8 nitrogen and oxygen atoms in total. The Morgan fingerprint density at radius 3 is 2.09 bits per heavy atom. The van der Waals surface area contributed by atoms with E-state index in [-0.39, 0.29) is 30.9 Å². The Balaban J connectivity index is 1.16. The third-order valence-corrected chi connectivity index (χ3v) is 7.45. The molecule has 184 valence electrons. The van der Waals surface area contributed by atoms with Crippen molar-refractivity contribution in [3.63, 3.8) is 0 Å². The molecular formula is C27H30N2O6. The maximum atomic E-state index is 12.8. The van der Waals surface area contributed by atoms with Crippen molar-refractivity contribution in [1.82, 2.24) is 10.8 Å². The first-order chi connectivity index (χ1) is 17.0. The molecule has 0 saturated heterocycles. The Hall–Kier alpha value is -3.39. The van der Waals surface area contributed by atoms with Gasteiger partial charge < -0.3 is 15.2 Å². The highest BCUT2D eigenvalue weighted by Crippen LogP contribution is 2.44. The molecule has 35 heavy (non-hydrogen) atoms. The van der Waals surface area contributed by atoms with E-state index in [0.29, 0.717) is 0 Å². The fourth-order valence-electron chi connectivity index (χ4n) is 5.10. The van der Waals surface area contributed by atoms with Crippen LogP contribution >= 0.6 is 0 Å². The van der Waals surface area contributed by atoms with E-state index < -0.39 is 30.0 Å². The number of hydrogen-bond acceptors (Lipinski definition) is 5. The molecule has 2 unspecified atom stereocenters. The van der Waals surface area contributed by atoms with Crippen molar-refractivity contribution in [3.8, 4) is 11.1 Å². The Labute approximate surface area is 204 Å². The van der Waals surface area contributed by atoms with E-state index in [9.17, 15) is 19.5 Å². The number of aliphatic carboxylic acids is 1. The fourth-order valence-corrected chi connectivity index (χ4v) is 5.10. The molecule has 2 amide bonds. The van der Waals surface area contributed by atoms with Crippen LogP contribution in [0.5, 0.6) is 0 Å². The molecule has 2 fully saturated rings. The van der Waals surface area contributed by atoms with Gasteiger partial charge in [0.05, 0.1) is 5.92 Å². The summed E-state index contributed by atoms with van der Waals surface area (Å²) < 4.78 is 5.58. The van der Waals surface area contributed by atoms with Gasteiger partial charge in [-0.05, 0) is 59.8 Å². The number of amides is 2. The van der Waals surface area contributed by atoms with Crippen molar-refractivity contribution in [3.05, 3.63) is 59.7 Å². The first kappa shape index (κ1) is 23.4. The van der Waals surface area contributed by atoms with Gasteiger partial charge in [0.2, 0.25) is 5.91 Å². The van der Waals surface area contributed by atoms with Crippen LogP contribution < -0.4 is 10.8 Å². The highest BCUT2D eigenvalue weighted by atomic mass is 16.7. The number of nitrogens with one attached hydrogen (secondary N) is 2. The molecule has 0 radical (unpaired) electrons. The molecule has 2 saturated carbocycles. The van der Waals surface area contributed by atoms with Crippen molar-refractivity contribution < 1.29 is 29.1 Å². The zero-order valence-corrected chi connectivity index (χ0v) is 19.4. The summed E-state index contributed by atoms with van der Waals surface area (Å²) in [6, 6.07) is 16.3. The van der Waals surface area contributed by atoms with E-state index in [0.717, 1.165) is 54.4 Å². The molecule has 3 aliphatic carbocycles. The van der Waals surface area contributed by atoms with Gasteiger partial charge in [-0.3, -0.25) is 9.63 Å². The smallest absolute Gasteiger partial charge is 0.407 e. The molecule has 0 aliphatic heterocycles. The largest absolute Gasteiger partial charge is 0.479 e. The maximum absolute atomic E-state index is 12.8. The molecule has 3 aliphatic rings. The Bertz CT molecular complexity index is 1060. The zero-order chi connectivity index (χ0) is 24.4. The predicted octanol–water partition coefficient (Wildman–Crippen LogP) is 3.85. The van der Waals surface area contributed by atoms with Gasteiger partial charge in [0.15, 0.2) is 6.10 Å². The predicted molar refractivity (Wildman–Crippen MR) is 127 cm³/mol. The van der Waals surface area contributed by atoms with Crippen molar-refractivity contribution >= 4 is 18.0 Å². The zero-order valence-electron chi connectivity index (χ0n) is 19.4. The number of carbonyl (C=O) groups excluding carboxylic acids is 2. The number of hydroxylamine groups is 1. The third kappa shape index (κ3) is 5.03. The van der Waals surface area contributed by atoms with Gasteiger partial charge in [-0.15, -0.1) is 0 Å². The van der Waals surface area contributed by atoms with Gasteiger partial charge in [0, 0.05) is 12.5 Å². The SMILES string of the molecule is O=C(NCC(C(=O)NOC(C(=O)O)C1CC1)C1CCC1)OCC1c2ccccc2-c2ccccc21. The molecule has 8 heteroatoms. The number of alkyl carbamates (subject to hydrolysis) is 1. The summed E-state index contributed by atoms with van der Waals surface area (Å²) in [6.07, 6.45) is 2.75. The minimum atomic E-state index is -1.08. The van der Waals surface area contributed by atoms with Gasteiger partial charge in [-0.2, -0.15) is 0 Å². The van der Waals surface area contributed by atoms with Gasteiger partial charge >= 0.3 is 12.1 Å². The molecule has 0 heterocycles. The van der Waals surface area contributed by atoms with Crippen LogP contribution in [0, 0.1) is 17.8 Å². The van der Waals surface area contributed by atoms with Crippen LogP contribution in [-0.4, -0.2) is 42.3 Å². The second-order valence-electron chi connectivity index (χ2n) is 9.68. The van der Waals surface area contributed by atoms with Gasteiger partial charge in [-0.1, -0.05) is 55.0 Å². The number of carbonyl (C=O) groups is 3. The van der Waals surface area contributed by atoms with E-state index in [4.69, 9.17) is 9.57 Å². The number of carboxylic acids is 1. The van der Waals surface area contributed by atoms with Crippen LogP contribution in [0.3, 0.4) is 0 Å². The summed E-state index contributed by atoms with van der Waals surface area (Å²) >= 11 is 0. The normalized spacial score (nSPS) is 18.5. The lowest BCUT2D eigenvalue weighted by atomic mass is 9.75. The van der Waals surface area contributed by atoms with E-state index in [2.05, 4.69) is 35.1 Å². The maximum Gasteiger partial charge on any atom is 0.407 e. The van der Waals surface area contributed by atoms with Crippen LogP contribution in [0.1, 0.15) is 49.1 Å². The fraction of sp³-hybridized carbons (Fsp3) is 0.444. The lowest BCUT2D eigenvalue weighted by molar-refractivity contribution is -0.164. The molecule has 0 aromatic heterocycles. The van der Waals surface area contributed by atoms with Crippen molar-refractivity contribution in [2.45, 2.75) is 44.1 Å². The molecule has 2 aromatic carbocycles. The highest BCUT2D eigenvalue weighted by molar-refractivity contribution is 5.80. The lowest BCUT2D eigenvalue weighted by Gasteiger charge is -2.32. The number of carboxylic acid groups (broad SMARTS) is 1. The monoisotopic (exact) mass is 478 g/mol. The summed E-state index contributed by atoms with van der Waals surface area (Å²) in [7, 11) is 0. The summed E-state index contributed by atoms with van der Waals surface area (Å²) in [5.74, 6) is -1.96. The standard InChI is InChI=1S/C27H30N2O6/c30-25(29-35-24(26(31)32)17-12-13-17)22(16-6-5-7-16)14-28-27(33)34-15-23-20-10-3-1-8-18(20)19-9-2-4-11-21(19)23/h1-4,8-11,16-17,22-24H,5-7,12-15H2,(H,28,33)(H,29,30)(H,31,32). The minimum Gasteiger partial charge on any atom is -0.479 e. The second-order valence-corrected chi connectivity index (χ2v) is 9.68. The first-order valence-corrected chi connectivity index (χ1v) is 12.3. The number of hydrogen-bond donors (Lipinski definition) is 3.